The average molecular weight is 368 g/mol. The van der Waals surface area contributed by atoms with Crippen LogP contribution in [0.4, 0.5) is 0 Å². The molecule has 0 saturated heterocycles. The molecule has 1 aliphatic carbocycles. The molecule has 3 rings (SSSR count). The molecule has 0 bridgehead atoms. The lowest BCUT2D eigenvalue weighted by Gasteiger charge is -2.10. The number of hydrogen-bond donors (Lipinski definition) is 1. The van der Waals surface area contributed by atoms with E-state index in [4.69, 9.17) is 5.11 Å². The van der Waals surface area contributed by atoms with Crippen LogP contribution in [0.25, 0.3) is 11.4 Å². The molecule has 7 heteroatoms. The number of hydrogen-bond acceptors (Lipinski definition) is 4. The second kappa shape index (κ2) is 5.81. The van der Waals surface area contributed by atoms with Crippen LogP contribution in [0.2, 0.25) is 0 Å². The van der Waals surface area contributed by atoms with Gasteiger partial charge in [-0.25, -0.2) is 0 Å². The van der Waals surface area contributed by atoms with Crippen molar-refractivity contribution in [3.63, 3.8) is 0 Å². The minimum Gasteiger partial charge on any atom is -0.481 e. The number of aromatic nitrogens is 3. The molecule has 5 nitrogen and oxygen atoms in total. The van der Waals surface area contributed by atoms with E-state index in [1.165, 1.54) is 11.8 Å². The Hall–Kier alpha value is -1.34. The SMILES string of the molecule is Cc1ccc(Br)cc1-c1nnc(SCC(=O)O)n1C1CC1. The molecule has 0 spiro atoms. The summed E-state index contributed by atoms with van der Waals surface area (Å²) < 4.78 is 3.08. The van der Waals surface area contributed by atoms with Crippen LogP contribution in [0.5, 0.6) is 0 Å². The molecular formula is C14H14BrN3O2S. The minimum atomic E-state index is -0.842. The molecule has 1 fully saturated rings. The van der Waals surface area contributed by atoms with Crippen molar-refractivity contribution in [2.24, 2.45) is 0 Å². The fraction of sp³-hybridized carbons (Fsp3) is 0.357. The summed E-state index contributed by atoms with van der Waals surface area (Å²) >= 11 is 4.71. The van der Waals surface area contributed by atoms with E-state index in [1.54, 1.807) is 0 Å². The van der Waals surface area contributed by atoms with Crippen molar-refractivity contribution in [2.75, 3.05) is 5.75 Å². The van der Waals surface area contributed by atoms with Crippen LogP contribution < -0.4 is 0 Å². The predicted molar refractivity (Wildman–Crippen MR) is 84.5 cm³/mol. The van der Waals surface area contributed by atoms with Crippen LogP contribution in [-0.4, -0.2) is 31.6 Å². The molecule has 1 N–H and O–H groups in total. The van der Waals surface area contributed by atoms with E-state index in [0.717, 1.165) is 34.3 Å². The second-order valence-corrected chi connectivity index (χ2v) is 6.91. The number of benzene rings is 1. The zero-order chi connectivity index (χ0) is 15.0. The summed E-state index contributed by atoms with van der Waals surface area (Å²) in [5.41, 5.74) is 2.16. The number of halogens is 1. The van der Waals surface area contributed by atoms with Crippen molar-refractivity contribution < 1.29 is 9.90 Å². The first-order valence-electron chi connectivity index (χ1n) is 6.62. The minimum absolute atomic E-state index is 0.00230. The standard InChI is InChI=1S/C14H14BrN3O2S/c1-8-2-3-9(15)6-11(8)13-16-17-14(21-7-12(19)20)18(13)10-4-5-10/h2-3,6,10H,4-5,7H2,1H3,(H,19,20). The van der Waals surface area contributed by atoms with Gasteiger partial charge < -0.3 is 5.11 Å². The number of carbonyl (C=O) groups is 1. The van der Waals surface area contributed by atoms with E-state index in [2.05, 4.69) is 30.7 Å². The van der Waals surface area contributed by atoms with Crippen molar-refractivity contribution in [1.29, 1.82) is 0 Å². The first-order chi connectivity index (χ1) is 10.1. The normalized spacial score (nSPS) is 14.4. The Kier molecular flexibility index (Phi) is 4.03. The van der Waals surface area contributed by atoms with Gasteiger partial charge in [-0.15, -0.1) is 10.2 Å². The Bertz CT molecular complexity index is 698. The zero-order valence-corrected chi connectivity index (χ0v) is 13.8. The summed E-state index contributed by atoms with van der Waals surface area (Å²) in [7, 11) is 0. The number of thioether (sulfide) groups is 1. The first kappa shape index (κ1) is 14.6. The zero-order valence-electron chi connectivity index (χ0n) is 11.4. The maximum Gasteiger partial charge on any atom is 0.313 e. The van der Waals surface area contributed by atoms with E-state index in [1.807, 2.05) is 25.1 Å². The van der Waals surface area contributed by atoms with E-state index < -0.39 is 5.97 Å². The number of carboxylic acids is 1. The van der Waals surface area contributed by atoms with Crippen molar-refractivity contribution in [1.82, 2.24) is 14.8 Å². The molecule has 1 aromatic heterocycles. The summed E-state index contributed by atoms with van der Waals surface area (Å²) in [6, 6.07) is 6.46. The number of aliphatic carboxylic acids is 1. The molecule has 1 aromatic carbocycles. The maximum atomic E-state index is 10.8. The topological polar surface area (TPSA) is 68.0 Å². The van der Waals surface area contributed by atoms with Gasteiger partial charge in [0.15, 0.2) is 11.0 Å². The van der Waals surface area contributed by atoms with Crippen molar-refractivity contribution in [3.8, 4) is 11.4 Å². The number of nitrogens with zero attached hydrogens (tertiary/aromatic N) is 3. The Balaban J connectivity index is 2.02. The highest BCUT2D eigenvalue weighted by molar-refractivity contribution is 9.10. The van der Waals surface area contributed by atoms with Crippen molar-refractivity contribution >= 4 is 33.7 Å². The highest BCUT2D eigenvalue weighted by Gasteiger charge is 2.30. The van der Waals surface area contributed by atoms with Gasteiger partial charge in [0.05, 0.1) is 5.75 Å². The van der Waals surface area contributed by atoms with Gasteiger partial charge in [0.2, 0.25) is 0 Å². The molecule has 1 saturated carbocycles. The van der Waals surface area contributed by atoms with Gasteiger partial charge in [-0.2, -0.15) is 0 Å². The quantitative estimate of drug-likeness (QED) is 0.818. The highest BCUT2D eigenvalue weighted by Crippen LogP contribution is 2.41. The van der Waals surface area contributed by atoms with Crippen LogP contribution in [0.3, 0.4) is 0 Å². The van der Waals surface area contributed by atoms with Gasteiger partial charge in [-0.05, 0) is 37.5 Å². The third kappa shape index (κ3) is 3.13. The first-order valence-corrected chi connectivity index (χ1v) is 8.40. The molecule has 2 aromatic rings. The number of carboxylic acid groups (broad SMARTS) is 1. The molecule has 21 heavy (non-hydrogen) atoms. The molecule has 1 aliphatic rings. The van der Waals surface area contributed by atoms with E-state index >= 15 is 0 Å². The van der Waals surface area contributed by atoms with Gasteiger partial charge in [0, 0.05) is 16.1 Å². The summed E-state index contributed by atoms with van der Waals surface area (Å²) in [5.74, 6) is -0.0165. The van der Waals surface area contributed by atoms with Crippen LogP contribution in [0.1, 0.15) is 24.4 Å². The fourth-order valence-electron chi connectivity index (χ4n) is 2.18. The average Bonchev–Trinajstić information content (AvgIpc) is 3.19. The maximum absolute atomic E-state index is 10.8. The monoisotopic (exact) mass is 367 g/mol. The summed E-state index contributed by atoms with van der Waals surface area (Å²) in [6.45, 7) is 2.04. The lowest BCUT2D eigenvalue weighted by atomic mass is 10.1. The Morgan fingerprint density at radius 3 is 2.90 bits per heavy atom. The lowest BCUT2D eigenvalue weighted by molar-refractivity contribution is -0.133. The largest absolute Gasteiger partial charge is 0.481 e. The molecular weight excluding hydrogens is 354 g/mol. The predicted octanol–water partition coefficient (Wildman–Crippen LogP) is 3.53. The third-order valence-corrected chi connectivity index (χ3v) is 4.76. The highest BCUT2D eigenvalue weighted by atomic mass is 79.9. The Morgan fingerprint density at radius 2 is 2.24 bits per heavy atom. The summed E-state index contributed by atoms with van der Waals surface area (Å²) in [5, 5.41) is 18.0. The van der Waals surface area contributed by atoms with Gasteiger partial charge in [0.25, 0.3) is 0 Å². The van der Waals surface area contributed by atoms with Crippen molar-refractivity contribution in [3.05, 3.63) is 28.2 Å². The molecule has 110 valence electrons. The van der Waals surface area contributed by atoms with Gasteiger partial charge in [0.1, 0.15) is 0 Å². The lowest BCUT2D eigenvalue weighted by Crippen LogP contribution is -2.03. The van der Waals surface area contributed by atoms with Gasteiger partial charge >= 0.3 is 5.97 Å². The molecule has 0 amide bonds. The Morgan fingerprint density at radius 1 is 1.48 bits per heavy atom. The van der Waals surface area contributed by atoms with Crippen LogP contribution in [-0.2, 0) is 4.79 Å². The number of aryl methyl sites for hydroxylation is 1. The van der Waals surface area contributed by atoms with Crippen LogP contribution >= 0.6 is 27.7 Å². The molecule has 0 aliphatic heterocycles. The molecule has 0 unspecified atom stereocenters. The third-order valence-electron chi connectivity index (χ3n) is 3.34. The van der Waals surface area contributed by atoms with Crippen LogP contribution in [0, 0.1) is 6.92 Å². The molecule has 0 atom stereocenters. The molecule has 0 radical (unpaired) electrons. The van der Waals surface area contributed by atoms with E-state index in [-0.39, 0.29) is 5.75 Å². The Labute approximate surface area is 134 Å². The summed E-state index contributed by atoms with van der Waals surface area (Å²) in [6.07, 6.45) is 2.19. The van der Waals surface area contributed by atoms with Crippen molar-refractivity contribution in [2.45, 2.75) is 31.0 Å². The van der Waals surface area contributed by atoms with E-state index in [0.29, 0.717) is 11.2 Å². The number of rotatable bonds is 5. The fourth-order valence-corrected chi connectivity index (χ4v) is 3.27. The van der Waals surface area contributed by atoms with Gasteiger partial charge in [-0.3, -0.25) is 9.36 Å². The molecule has 1 heterocycles. The smallest absolute Gasteiger partial charge is 0.313 e. The second-order valence-electron chi connectivity index (χ2n) is 5.05. The van der Waals surface area contributed by atoms with Crippen LogP contribution in [0.15, 0.2) is 27.8 Å². The summed E-state index contributed by atoms with van der Waals surface area (Å²) in [4.78, 5) is 10.8. The van der Waals surface area contributed by atoms with Gasteiger partial charge in [-0.1, -0.05) is 33.8 Å². The van der Waals surface area contributed by atoms with E-state index in [9.17, 15) is 4.79 Å².